The van der Waals surface area contributed by atoms with Crippen molar-refractivity contribution in [2.75, 3.05) is 7.11 Å². The zero-order valence-corrected chi connectivity index (χ0v) is 9.76. The number of aromatic nitrogens is 1. The second kappa shape index (κ2) is 6.58. The number of hydrogen-bond acceptors (Lipinski definition) is 4. The Bertz CT molecular complexity index is 400. The Morgan fingerprint density at radius 3 is 2.88 bits per heavy atom. The number of rotatable bonds is 6. The van der Waals surface area contributed by atoms with Crippen LogP contribution in [0.4, 0.5) is 0 Å². The molecule has 90 valence electrons. The van der Waals surface area contributed by atoms with Crippen LogP contribution in [0.2, 0.25) is 0 Å². The molecular formula is C13H15NO3. The second-order valence-electron chi connectivity index (χ2n) is 3.61. The van der Waals surface area contributed by atoms with Gasteiger partial charge in [0.2, 0.25) is 0 Å². The molecule has 1 unspecified atom stereocenters. The van der Waals surface area contributed by atoms with Gasteiger partial charge in [-0.25, -0.2) is 0 Å². The number of methoxy groups -OCH3 is 1. The molecule has 0 amide bonds. The molecule has 0 saturated carbocycles. The van der Waals surface area contributed by atoms with Gasteiger partial charge in [-0.3, -0.25) is 14.6 Å². The molecule has 4 nitrogen and oxygen atoms in total. The van der Waals surface area contributed by atoms with Gasteiger partial charge in [0.15, 0.2) is 5.78 Å². The molecule has 1 rings (SSSR count). The van der Waals surface area contributed by atoms with E-state index in [-0.39, 0.29) is 12.2 Å². The Labute approximate surface area is 100 Å². The summed E-state index contributed by atoms with van der Waals surface area (Å²) in [7, 11) is 1.31. The lowest BCUT2D eigenvalue weighted by molar-refractivity contribution is -0.141. The molecular weight excluding hydrogens is 218 g/mol. The van der Waals surface area contributed by atoms with Crippen LogP contribution < -0.4 is 0 Å². The summed E-state index contributed by atoms with van der Waals surface area (Å²) in [6, 6.07) is 3.37. The third-order valence-corrected chi connectivity index (χ3v) is 2.41. The Morgan fingerprint density at radius 2 is 2.35 bits per heavy atom. The Morgan fingerprint density at radius 1 is 1.59 bits per heavy atom. The van der Waals surface area contributed by atoms with Crippen LogP contribution in [0.5, 0.6) is 0 Å². The molecule has 0 aliphatic carbocycles. The topological polar surface area (TPSA) is 56.3 Å². The molecule has 0 aliphatic heterocycles. The van der Waals surface area contributed by atoms with Gasteiger partial charge in [0.1, 0.15) is 0 Å². The summed E-state index contributed by atoms with van der Waals surface area (Å²) in [6.07, 6.45) is 5.23. The Balaban J connectivity index is 2.80. The molecule has 1 atom stereocenters. The number of hydrogen-bond donors (Lipinski definition) is 0. The van der Waals surface area contributed by atoms with E-state index in [0.717, 1.165) is 0 Å². The molecule has 0 N–H and O–H groups in total. The van der Waals surface area contributed by atoms with E-state index in [9.17, 15) is 9.59 Å². The largest absolute Gasteiger partial charge is 0.469 e. The fourth-order valence-electron chi connectivity index (χ4n) is 1.51. The van der Waals surface area contributed by atoms with E-state index in [0.29, 0.717) is 12.0 Å². The van der Waals surface area contributed by atoms with Crippen LogP contribution in [0.15, 0.2) is 37.2 Å². The van der Waals surface area contributed by atoms with Crippen molar-refractivity contribution in [3.8, 4) is 0 Å². The molecule has 4 heteroatoms. The number of esters is 1. The minimum absolute atomic E-state index is 0.0657. The standard InChI is InChI=1S/C13H15NO3/c1-3-5-10(8-12(15)17-2)13(16)11-6-4-7-14-9-11/h3-4,6-7,9-10H,1,5,8H2,2H3. The van der Waals surface area contributed by atoms with Crippen molar-refractivity contribution in [2.45, 2.75) is 12.8 Å². The zero-order chi connectivity index (χ0) is 12.7. The maximum Gasteiger partial charge on any atom is 0.306 e. The number of pyridine rings is 1. The Hall–Kier alpha value is -1.97. The molecule has 1 heterocycles. The minimum Gasteiger partial charge on any atom is -0.469 e. The summed E-state index contributed by atoms with van der Waals surface area (Å²) in [6.45, 7) is 3.59. The number of allylic oxidation sites excluding steroid dienone is 1. The minimum atomic E-state index is -0.427. The van der Waals surface area contributed by atoms with Crippen LogP contribution in [-0.4, -0.2) is 23.8 Å². The second-order valence-corrected chi connectivity index (χ2v) is 3.61. The highest BCUT2D eigenvalue weighted by atomic mass is 16.5. The summed E-state index contributed by atoms with van der Waals surface area (Å²) < 4.78 is 4.57. The van der Waals surface area contributed by atoms with Crippen LogP contribution in [0.3, 0.4) is 0 Å². The third-order valence-electron chi connectivity index (χ3n) is 2.41. The molecule has 1 aromatic heterocycles. The van der Waals surface area contributed by atoms with Gasteiger partial charge >= 0.3 is 5.97 Å². The smallest absolute Gasteiger partial charge is 0.306 e. The first-order valence-corrected chi connectivity index (χ1v) is 5.31. The fraction of sp³-hybridized carbons (Fsp3) is 0.308. The van der Waals surface area contributed by atoms with Crippen molar-refractivity contribution in [3.63, 3.8) is 0 Å². The van der Waals surface area contributed by atoms with Gasteiger partial charge in [-0.15, -0.1) is 6.58 Å². The highest BCUT2D eigenvalue weighted by Crippen LogP contribution is 2.16. The summed E-state index contributed by atoms with van der Waals surface area (Å²) >= 11 is 0. The summed E-state index contributed by atoms with van der Waals surface area (Å²) in [4.78, 5) is 27.2. The monoisotopic (exact) mass is 233 g/mol. The van der Waals surface area contributed by atoms with E-state index < -0.39 is 11.9 Å². The average molecular weight is 233 g/mol. The number of Topliss-reactive ketones (excluding diaryl/α,β-unsaturated/α-hetero) is 1. The van der Waals surface area contributed by atoms with E-state index in [1.807, 2.05) is 0 Å². The third kappa shape index (κ3) is 3.83. The number of carbonyl (C=O) groups is 2. The van der Waals surface area contributed by atoms with E-state index in [2.05, 4.69) is 16.3 Å². The van der Waals surface area contributed by atoms with E-state index in [4.69, 9.17) is 0 Å². The van der Waals surface area contributed by atoms with Crippen molar-refractivity contribution in [1.29, 1.82) is 0 Å². The lowest BCUT2D eigenvalue weighted by Crippen LogP contribution is -2.19. The molecule has 0 radical (unpaired) electrons. The first kappa shape index (κ1) is 13.1. The average Bonchev–Trinajstić information content (AvgIpc) is 2.38. The predicted molar refractivity (Wildman–Crippen MR) is 63.5 cm³/mol. The van der Waals surface area contributed by atoms with Gasteiger partial charge in [-0.1, -0.05) is 6.08 Å². The van der Waals surface area contributed by atoms with Crippen molar-refractivity contribution >= 4 is 11.8 Å². The first-order chi connectivity index (χ1) is 8.19. The molecule has 0 fully saturated rings. The molecule has 17 heavy (non-hydrogen) atoms. The quantitative estimate of drug-likeness (QED) is 0.428. The first-order valence-electron chi connectivity index (χ1n) is 5.31. The summed E-state index contributed by atoms with van der Waals surface area (Å²) in [5.41, 5.74) is 0.503. The van der Waals surface area contributed by atoms with E-state index in [1.165, 1.54) is 13.3 Å². The molecule has 0 aromatic carbocycles. The predicted octanol–water partition coefficient (Wildman–Crippen LogP) is 2.02. The van der Waals surface area contributed by atoms with Gasteiger partial charge in [0, 0.05) is 23.9 Å². The number of carbonyl (C=O) groups excluding carboxylic acids is 2. The molecule has 1 aromatic rings. The number of ketones is 1. The summed E-state index contributed by atoms with van der Waals surface area (Å²) in [5.74, 6) is -0.929. The van der Waals surface area contributed by atoms with Crippen LogP contribution in [0.1, 0.15) is 23.2 Å². The Kier molecular flexibility index (Phi) is 5.07. The van der Waals surface area contributed by atoms with Gasteiger partial charge in [0.05, 0.1) is 13.5 Å². The van der Waals surface area contributed by atoms with E-state index >= 15 is 0 Å². The molecule has 0 spiro atoms. The molecule has 0 bridgehead atoms. The fourth-order valence-corrected chi connectivity index (χ4v) is 1.51. The highest BCUT2D eigenvalue weighted by Gasteiger charge is 2.22. The lowest BCUT2D eigenvalue weighted by atomic mass is 9.92. The number of nitrogens with zero attached hydrogens (tertiary/aromatic N) is 1. The van der Waals surface area contributed by atoms with Crippen molar-refractivity contribution < 1.29 is 14.3 Å². The van der Waals surface area contributed by atoms with Crippen molar-refractivity contribution in [1.82, 2.24) is 4.98 Å². The maximum atomic E-state index is 12.1. The van der Waals surface area contributed by atoms with Crippen LogP contribution in [0.25, 0.3) is 0 Å². The summed E-state index contributed by atoms with van der Waals surface area (Å²) in [5, 5.41) is 0. The highest BCUT2D eigenvalue weighted by molar-refractivity contribution is 5.99. The van der Waals surface area contributed by atoms with Gasteiger partial charge < -0.3 is 4.74 Å². The van der Waals surface area contributed by atoms with Crippen molar-refractivity contribution in [2.24, 2.45) is 5.92 Å². The number of ether oxygens (including phenoxy) is 1. The molecule has 0 aliphatic rings. The van der Waals surface area contributed by atoms with E-state index in [1.54, 1.807) is 24.4 Å². The SMILES string of the molecule is C=CCC(CC(=O)OC)C(=O)c1cccnc1. The van der Waals surface area contributed by atoms with Gasteiger partial charge in [-0.2, -0.15) is 0 Å². The normalized spacial score (nSPS) is 11.6. The van der Waals surface area contributed by atoms with Crippen LogP contribution in [-0.2, 0) is 9.53 Å². The van der Waals surface area contributed by atoms with Gasteiger partial charge in [0.25, 0.3) is 0 Å². The molecule has 0 saturated heterocycles. The zero-order valence-electron chi connectivity index (χ0n) is 9.76. The van der Waals surface area contributed by atoms with Gasteiger partial charge in [-0.05, 0) is 18.6 Å². The maximum absolute atomic E-state index is 12.1. The lowest BCUT2D eigenvalue weighted by Gasteiger charge is -2.12. The van der Waals surface area contributed by atoms with Crippen molar-refractivity contribution in [3.05, 3.63) is 42.7 Å². The van der Waals surface area contributed by atoms with Crippen LogP contribution >= 0.6 is 0 Å². The van der Waals surface area contributed by atoms with Crippen LogP contribution in [0, 0.1) is 5.92 Å².